The van der Waals surface area contributed by atoms with Crippen LogP contribution in [0.1, 0.15) is 32.5 Å². The smallest absolute Gasteiger partial charge is 0.266 e. The van der Waals surface area contributed by atoms with Crippen LogP contribution in [0.2, 0.25) is 0 Å². The van der Waals surface area contributed by atoms with Gasteiger partial charge in [-0.25, -0.2) is 32.8 Å². The number of nitrogens with two attached hydrogens (primary N) is 1. The number of fused-ring (bicyclic) bond motifs is 2. The summed E-state index contributed by atoms with van der Waals surface area (Å²) in [5, 5.41) is 5.12. The molecule has 0 fully saturated rings. The minimum atomic E-state index is -0.773. The predicted molar refractivity (Wildman–Crippen MR) is 152 cm³/mol. The standard InChI is InChI=1S/C30H24F3N7O2/c1-15(2)42-22-9-7-18(12-21(22)33)27-25-28(34)35-14-36-29(25)40(38-27)16(3)26-24(17-5-4-6-19(31)11-17)30(41)39-13-20(32)8-10-23(39)37-26/h4-16H,1-3H3,(H2,34,35,36). The van der Waals surface area contributed by atoms with Gasteiger partial charge in [-0.2, -0.15) is 5.10 Å². The molecular formula is C30H24F3N7O2. The average molecular weight is 572 g/mol. The van der Waals surface area contributed by atoms with Gasteiger partial charge in [-0.15, -0.1) is 0 Å². The maximum absolute atomic E-state index is 15.0. The van der Waals surface area contributed by atoms with E-state index >= 15 is 0 Å². The van der Waals surface area contributed by atoms with Gasteiger partial charge in [-0.3, -0.25) is 9.20 Å². The highest BCUT2D eigenvalue weighted by atomic mass is 19.1. The van der Waals surface area contributed by atoms with Crippen molar-refractivity contribution in [3.8, 4) is 28.1 Å². The molecule has 4 aromatic heterocycles. The first-order valence-corrected chi connectivity index (χ1v) is 13.1. The summed E-state index contributed by atoms with van der Waals surface area (Å²) in [4.78, 5) is 26.9. The van der Waals surface area contributed by atoms with Gasteiger partial charge in [0, 0.05) is 11.8 Å². The zero-order valence-corrected chi connectivity index (χ0v) is 22.7. The summed E-state index contributed by atoms with van der Waals surface area (Å²) >= 11 is 0. The molecule has 12 heteroatoms. The molecule has 0 saturated carbocycles. The summed E-state index contributed by atoms with van der Waals surface area (Å²) in [6.45, 7) is 5.33. The Bertz CT molecular complexity index is 2060. The lowest BCUT2D eigenvalue weighted by Crippen LogP contribution is -2.23. The number of hydrogen-bond donors (Lipinski definition) is 1. The second kappa shape index (κ2) is 10.3. The third-order valence-electron chi connectivity index (χ3n) is 6.78. The van der Waals surface area contributed by atoms with Crippen LogP contribution in [-0.4, -0.2) is 35.2 Å². The topological polar surface area (TPSA) is 113 Å². The SMILES string of the molecule is CC(C)Oc1ccc(-c2nn(C(C)c3nc4ccc(F)cn4c(=O)c3-c3cccc(F)c3)c3ncnc(N)c23)cc1F. The normalized spacial score (nSPS) is 12.4. The van der Waals surface area contributed by atoms with E-state index in [2.05, 4.69) is 15.0 Å². The molecule has 0 bridgehead atoms. The molecule has 1 atom stereocenters. The molecule has 0 spiro atoms. The van der Waals surface area contributed by atoms with Crippen molar-refractivity contribution in [1.29, 1.82) is 0 Å². The fourth-order valence-corrected chi connectivity index (χ4v) is 4.93. The first-order valence-electron chi connectivity index (χ1n) is 13.1. The molecule has 212 valence electrons. The first kappa shape index (κ1) is 26.9. The summed E-state index contributed by atoms with van der Waals surface area (Å²) in [5.74, 6) is -1.58. The van der Waals surface area contributed by atoms with Gasteiger partial charge >= 0.3 is 0 Å². The molecule has 0 radical (unpaired) electrons. The van der Waals surface area contributed by atoms with Gasteiger partial charge in [0.2, 0.25) is 0 Å². The van der Waals surface area contributed by atoms with E-state index in [1.807, 2.05) is 0 Å². The van der Waals surface area contributed by atoms with Crippen LogP contribution in [0.4, 0.5) is 19.0 Å². The molecule has 0 aliphatic carbocycles. The predicted octanol–water partition coefficient (Wildman–Crippen LogP) is 5.56. The molecule has 1 unspecified atom stereocenters. The molecule has 0 aliphatic heterocycles. The molecule has 0 amide bonds. The van der Waals surface area contributed by atoms with Crippen molar-refractivity contribution in [3.05, 3.63) is 101 Å². The number of anilines is 1. The molecule has 2 N–H and O–H groups in total. The Morgan fingerprint density at radius 2 is 1.74 bits per heavy atom. The van der Waals surface area contributed by atoms with E-state index in [1.165, 1.54) is 53.5 Å². The van der Waals surface area contributed by atoms with Crippen molar-refractivity contribution in [3.63, 3.8) is 0 Å². The van der Waals surface area contributed by atoms with Gasteiger partial charge in [0.25, 0.3) is 5.56 Å². The molecular weight excluding hydrogens is 547 g/mol. The van der Waals surface area contributed by atoms with E-state index in [9.17, 15) is 18.0 Å². The van der Waals surface area contributed by atoms with E-state index < -0.39 is 29.1 Å². The van der Waals surface area contributed by atoms with Crippen LogP contribution in [0.25, 0.3) is 39.1 Å². The summed E-state index contributed by atoms with van der Waals surface area (Å²) in [6, 6.07) is 11.7. The third kappa shape index (κ3) is 4.60. The summed E-state index contributed by atoms with van der Waals surface area (Å²) in [7, 11) is 0. The second-order valence-corrected chi connectivity index (χ2v) is 10.0. The van der Waals surface area contributed by atoms with Gasteiger partial charge < -0.3 is 10.5 Å². The molecule has 42 heavy (non-hydrogen) atoms. The molecule has 2 aromatic carbocycles. The molecule has 4 heterocycles. The van der Waals surface area contributed by atoms with Gasteiger partial charge in [0.15, 0.2) is 17.2 Å². The third-order valence-corrected chi connectivity index (χ3v) is 6.78. The Morgan fingerprint density at radius 3 is 2.48 bits per heavy atom. The lowest BCUT2D eigenvalue weighted by molar-refractivity contribution is 0.231. The minimum Gasteiger partial charge on any atom is -0.488 e. The highest BCUT2D eigenvalue weighted by Gasteiger charge is 2.26. The second-order valence-electron chi connectivity index (χ2n) is 10.0. The van der Waals surface area contributed by atoms with Crippen LogP contribution in [0, 0.1) is 17.5 Å². The summed E-state index contributed by atoms with van der Waals surface area (Å²) in [5.41, 5.74) is 7.39. The van der Waals surface area contributed by atoms with E-state index in [4.69, 9.17) is 15.6 Å². The molecule has 9 nitrogen and oxygen atoms in total. The Kier molecular flexibility index (Phi) is 6.60. The number of benzene rings is 2. The lowest BCUT2D eigenvalue weighted by Gasteiger charge is -2.18. The van der Waals surface area contributed by atoms with Gasteiger partial charge in [0.1, 0.15) is 35.1 Å². The Morgan fingerprint density at radius 1 is 0.929 bits per heavy atom. The van der Waals surface area contributed by atoms with Crippen molar-refractivity contribution in [2.24, 2.45) is 0 Å². The number of nitrogen functional groups attached to an aromatic ring is 1. The van der Waals surface area contributed by atoms with E-state index in [-0.39, 0.29) is 40.1 Å². The first-order chi connectivity index (χ1) is 20.1. The average Bonchev–Trinajstić information content (AvgIpc) is 3.35. The molecule has 6 rings (SSSR count). The van der Waals surface area contributed by atoms with Crippen LogP contribution in [-0.2, 0) is 0 Å². The van der Waals surface area contributed by atoms with Gasteiger partial charge in [-0.05, 0) is 68.8 Å². The van der Waals surface area contributed by atoms with Crippen LogP contribution < -0.4 is 16.0 Å². The zero-order valence-electron chi connectivity index (χ0n) is 22.7. The van der Waals surface area contributed by atoms with Crippen molar-refractivity contribution >= 4 is 22.5 Å². The quantitative estimate of drug-likeness (QED) is 0.278. The maximum atomic E-state index is 15.0. The molecule has 0 saturated heterocycles. The van der Waals surface area contributed by atoms with E-state index in [0.29, 0.717) is 22.3 Å². The summed E-state index contributed by atoms with van der Waals surface area (Å²) in [6.07, 6.45) is 2.07. The number of hydrogen-bond acceptors (Lipinski definition) is 7. The number of rotatable bonds is 6. The number of halogens is 3. The highest BCUT2D eigenvalue weighted by molar-refractivity contribution is 5.98. The van der Waals surface area contributed by atoms with Gasteiger partial charge in [0.05, 0.1) is 28.8 Å². The maximum Gasteiger partial charge on any atom is 0.266 e. The molecule has 6 aromatic rings. The fourth-order valence-electron chi connectivity index (χ4n) is 4.93. The minimum absolute atomic E-state index is 0.0542. The van der Waals surface area contributed by atoms with E-state index in [0.717, 1.165) is 10.6 Å². The van der Waals surface area contributed by atoms with Crippen molar-refractivity contribution in [2.45, 2.75) is 32.9 Å². The molecule has 0 aliphatic rings. The fraction of sp³-hybridized carbons (Fsp3) is 0.167. The van der Waals surface area contributed by atoms with Gasteiger partial charge in [-0.1, -0.05) is 12.1 Å². The number of nitrogens with zero attached hydrogens (tertiary/aromatic N) is 6. The van der Waals surface area contributed by atoms with Crippen LogP contribution >= 0.6 is 0 Å². The van der Waals surface area contributed by atoms with Crippen LogP contribution in [0.3, 0.4) is 0 Å². The Balaban J connectivity index is 1.59. The number of aromatic nitrogens is 6. The lowest BCUT2D eigenvalue weighted by atomic mass is 10.0. The van der Waals surface area contributed by atoms with Crippen molar-refractivity contribution < 1.29 is 17.9 Å². The number of ether oxygens (including phenoxy) is 1. The van der Waals surface area contributed by atoms with E-state index in [1.54, 1.807) is 32.9 Å². The monoisotopic (exact) mass is 571 g/mol. The van der Waals surface area contributed by atoms with Crippen LogP contribution in [0.15, 0.2) is 71.9 Å². The Labute approximate surface area is 237 Å². The zero-order chi connectivity index (χ0) is 29.7. The van der Waals surface area contributed by atoms with Crippen LogP contribution in [0.5, 0.6) is 5.75 Å². The van der Waals surface area contributed by atoms with Crippen molar-refractivity contribution in [1.82, 2.24) is 29.1 Å². The van der Waals surface area contributed by atoms with Crippen molar-refractivity contribution in [2.75, 3.05) is 5.73 Å². The Hall–Kier alpha value is -5.26. The largest absolute Gasteiger partial charge is 0.488 e. The highest BCUT2D eigenvalue weighted by Crippen LogP contribution is 2.36. The summed E-state index contributed by atoms with van der Waals surface area (Å²) < 4.78 is 51.5. The number of pyridine rings is 1.